The fourth-order valence-corrected chi connectivity index (χ4v) is 2.43. The average molecular weight is 213 g/mol. The van der Waals surface area contributed by atoms with Crippen LogP contribution in [0.2, 0.25) is 5.02 Å². The van der Waals surface area contributed by atoms with E-state index in [4.69, 9.17) is 11.6 Å². The minimum absolute atomic E-state index is 0.207. The molecule has 1 saturated carbocycles. The van der Waals surface area contributed by atoms with E-state index in [1.807, 2.05) is 12.1 Å². The summed E-state index contributed by atoms with van der Waals surface area (Å²) in [6.07, 6.45) is 5.94. The monoisotopic (exact) mass is 212 g/mol. The zero-order valence-corrected chi connectivity index (χ0v) is 8.86. The lowest BCUT2D eigenvalue weighted by Gasteiger charge is -2.22. The molecular formula is C12H14ClF. The van der Waals surface area contributed by atoms with Crippen LogP contribution in [0.25, 0.3) is 0 Å². The molecule has 0 spiro atoms. The van der Waals surface area contributed by atoms with Crippen LogP contribution in [0.4, 0.5) is 4.39 Å². The van der Waals surface area contributed by atoms with Crippen LogP contribution in [-0.2, 0) is 0 Å². The maximum atomic E-state index is 13.7. The predicted molar refractivity (Wildman–Crippen MR) is 57.2 cm³/mol. The summed E-state index contributed by atoms with van der Waals surface area (Å²) in [7, 11) is 0. The molecule has 0 unspecified atom stereocenters. The molecule has 0 heterocycles. The molecule has 0 saturated heterocycles. The first kappa shape index (κ1) is 9.97. The number of benzene rings is 1. The first-order chi connectivity index (χ1) is 6.79. The summed E-state index contributed by atoms with van der Waals surface area (Å²) >= 11 is 5.76. The molecule has 2 heteroatoms. The summed E-state index contributed by atoms with van der Waals surface area (Å²) in [6.45, 7) is 0. The quantitative estimate of drug-likeness (QED) is 0.642. The Bertz CT molecular complexity index is 316. The number of hydrogen-bond acceptors (Lipinski definition) is 0. The summed E-state index contributed by atoms with van der Waals surface area (Å²) in [6, 6.07) is 5.33. The molecule has 1 aliphatic carbocycles. The van der Waals surface area contributed by atoms with Crippen molar-refractivity contribution in [2.75, 3.05) is 0 Å². The molecule has 0 bridgehead atoms. The van der Waals surface area contributed by atoms with Crippen molar-refractivity contribution in [3.8, 4) is 0 Å². The van der Waals surface area contributed by atoms with Crippen molar-refractivity contribution in [3.63, 3.8) is 0 Å². The van der Waals surface area contributed by atoms with Crippen molar-refractivity contribution in [1.82, 2.24) is 0 Å². The van der Waals surface area contributed by atoms with Gasteiger partial charge in [0.15, 0.2) is 0 Å². The van der Waals surface area contributed by atoms with Gasteiger partial charge in [0.1, 0.15) is 5.82 Å². The number of rotatable bonds is 1. The summed E-state index contributed by atoms with van der Waals surface area (Å²) in [5, 5.41) is 0.257. The maximum Gasteiger partial charge on any atom is 0.145 e. The molecule has 0 atom stereocenters. The minimum atomic E-state index is -0.207. The standard InChI is InChI=1S/C12H14ClF/c13-11-8-4-7-10(12(11)14)9-5-2-1-3-6-9/h4,7-9H,1-3,5-6H2. The van der Waals surface area contributed by atoms with Crippen LogP contribution in [0.15, 0.2) is 18.2 Å². The second-order valence-electron chi connectivity index (χ2n) is 3.98. The second kappa shape index (κ2) is 4.31. The average Bonchev–Trinajstić information content (AvgIpc) is 2.23. The van der Waals surface area contributed by atoms with E-state index in [0.29, 0.717) is 5.92 Å². The first-order valence-electron chi connectivity index (χ1n) is 5.23. The third-order valence-corrected chi connectivity index (χ3v) is 3.32. The molecule has 0 aliphatic heterocycles. The van der Waals surface area contributed by atoms with Crippen LogP contribution in [0, 0.1) is 5.82 Å². The molecule has 1 aliphatic rings. The van der Waals surface area contributed by atoms with Crippen LogP contribution in [0.5, 0.6) is 0 Å². The van der Waals surface area contributed by atoms with E-state index < -0.39 is 0 Å². The van der Waals surface area contributed by atoms with E-state index in [1.54, 1.807) is 6.07 Å². The van der Waals surface area contributed by atoms with E-state index in [1.165, 1.54) is 19.3 Å². The Balaban J connectivity index is 2.26. The summed E-state index contributed by atoms with van der Waals surface area (Å²) < 4.78 is 13.7. The van der Waals surface area contributed by atoms with Gasteiger partial charge in [0.05, 0.1) is 5.02 Å². The predicted octanol–water partition coefficient (Wildman–Crippen LogP) is 4.53. The Morgan fingerprint density at radius 2 is 1.86 bits per heavy atom. The lowest BCUT2D eigenvalue weighted by atomic mass is 9.84. The van der Waals surface area contributed by atoms with Gasteiger partial charge in [-0.25, -0.2) is 4.39 Å². The Morgan fingerprint density at radius 3 is 2.57 bits per heavy atom. The van der Waals surface area contributed by atoms with E-state index in [-0.39, 0.29) is 10.8 Å². The Morgan fingerprint density at radius 1 is 1.14 bits per heavy atom. The van der Waals surface area contributed by atoms with Gasteiger partial charge >= 0.3 is 0 Å². The molecule has 1 fully saturated rings. The van der Waals surface area contributed by atoms with Gasteiger partial charge in [-0.1, -0.05) is 43.0 Å². The molecule has 0 radical (unpaired) electrons. The van der Waals surface area contributed by atoms with Crippen molar-refractivity contribution >= 4 is 11.6 Å². The topological polar surface area (TPSA) is 0 Å². The summed E-state index contributed by atoms with van der Waals surface area (Å²) in [5.74, 6) is 0.184. The van der Waals surface area contributed by atoms with Gasteiger partial charge in [-0.2, -0.15) is 0 Å². The highest BCUT2D eigenvalue weighted by molar-refractivity contribution is 6.30. The highest BCUT2D eigenvalue weighted by atomic mass is 35.5. The van der Waals surface area contributed by atoms with E-state index >= 15 is 0 Å². The zero-order chi connectivity index (χ0) is 9.97. The SMILES string of the molecule is Fc1c(Cl)cccc1C1CCCCC1. The molecular weight excluding hydrogens is 199 g/mol. The van der Waals surface area contributed by atoms with E-state index in [9.17, 15) is 4.39 Å². The Kier molecular flexibility index (Phi) is 3.07. The Labute approximate surface area is 89.1 Å². The molecule has 0 amide bonds. The third-order valence-electron chi connectivity index (χ3n) is 3.03. The minimum Gasteiger partial charge on any atom is -0.205 e. The molecule has 2 rings (SSSR count). The molecule has 0 nitrogen and oxygen atoms in total. The second-order valence-corrected chi connectivity index (χ2v) is 4.39. The Hall–Kier alpha value is -0.560. The molecule has 1 aromatic carbocycles. The van der Waals surface area contributed by atoms with Crippen molar-refractivity contribution < 1.29 is 4.39 Å². The van der Waals surface area contributed by atoms with Crippen molar-refractivity contribution in [3.05, 3.63) is 34.6 Å². The van der Waals surface area contributed by atoms with Gasteiger partial charge in [-0.15, -0.1) is 0 Å². The van der Waals surface area contributed by atoms with E-state index in [2.05, 4.69) is 0 Å². The van der Waals surface area contributed by atoms with Gasteiger partial charge in [-0.3, -0.25) is 0 Å². The fourth-order valence-electron chi connectivity index (χ4n) is 2.25. The molecule has 0 N–H and O–H groups in total. The van der Waals surface area contributed by atoms with Crippen LogP contribution in [0.3, 0.4) is 0 Å². The lowest BCUT2D eigenvalue weighted by Crippen LogP contribution is -2.06. The number of hydrogen-bond donors (Lipinski definition) is 0. The molecule has 76 valence electrons. The normalized spacial score (nSPS) is 18.4. The maximum absolute atomic E-state index is 13.7. The third kappa shape index (κ3) is 1.93. The van der Waals surface area contributed by atoms with Crippen molar-refractivity contribution in [2.24, 2.45) is 0 Å². The van der Waals surface area contributed by atoms with Gasteiger partial charge in [0.2, 0.25) is 0 Å². The van der Waals surface area contributed by atoms with Gasteiger partial charge in [0.25, 0.3) is 0 Å². The van der Waals surface area contributed by atoms with Gasteiger partial charge < -0.3 is 0 Å². The van der Waals surface area contributed by atoms with E-state index in [0.717, 1.165) is 18.4 Å². The van der Waals surface area contributed by atoms with Gasteiger partial charge in [-0.05, 0) is 30.4 Å². The van der Waals surface area contributed by atoms with Crippen LogP contribution < -0.4 is 0 Å². The number of halogens is 2. The smallest absolute Gasteiger partial charge is 0.145 e. The van der Waals surface area contributed by atoms with Crippen LogP contribution >= 0.6 is 11.6 Å². The summed E-state index contributed by atoms with van der Waals surface area (Å²) in [4.78, 5) is 0. The highest BCUT2D eigenvalue weighted by Gasteiger charge is 2.19. The van der Waals surface area contributed by atoms with Crippen molar-refractivity contribution in [2.45, 2.75) is 38.0 Å². The largest absolute Gasteiger partial charge is 0.205 e. The van der Waals surface area contributed by atoms with Gasteiger partial charge in [0, 0.05) is 0 Å². The van der Waals surface area contributed by atoms with Crippen LogP contribution in [0.1, 0.15) is 43.6 Å². The molecule has 14 heavy (non-hydrogen) atoms. The van der Waals surface area contributed by atoms with Crippen molar-refractivity contribution in [1.29, 1.82) is 0 Å². The summed E-state index contributed by atoms with van der Waals surface area (Å²) in [5.41, 5.74) is 0.817. The zero-order valence-electron chi connectivity index (χ0n) is 8.10. The highest BCUT2D eigenvalue weighted by Crippen LogP contribution is 2.35. The fraction of sp³-hybridized carbons (Fsp3) is 0.500. The molecule has 1 aromatic rings. The lowest BCUT2D eigenvalue weighted by molar-refractivity contribution is 0.430. The first-order valence-corrected chi connectivity index (χ1v) is 5.61. The van der Waals surface area contributed by atoms with Crippen LogP contribution in [-0.4, -0.2) is 0 Å². The molecule has 0 aromatic heterocycles.